The first-order valence-corrected chi connectivity index (χ1v) is 6.07. The summed E-state index contributed by atoms with van der Waals surface area (Å²) >= 11 is 16.5. The zero-order valence-electron chi connectivity index (χ0n) is 9.24. The Hall–Kier alpha value is -0.840. The van der Waals surface area contributed by atoms with Gasteiger partial charge in [-0.3, -0.25) is 4.79 Å². The van der Waals surface area contributed by atoms with E-state index in [4.69, 9.17) is 41.2 Å². The first-order chi connectivity index (χ1) is 7.91. The van der Waals surface area contributed by atoms with E-state index in [1.807, 2.05) is 0 Å². The van der Waals surface area contributed by atoms with E-state index in [1.165, 1.54) is 11.0 Å². The second-order valence-corrected chi connectivity index (χ2v) is 4.94. The summed E-state index contributed by atoms with van der Waals surface area (Å²) in [4.78, 5) is 13.9. The highest BCUT2D eigenvalue weighted by Gasteiger charge is 2.15. The van der Waals surface area contributed by atoms with E-state index in [2.05, 4.69) is 0 Å². The lowest BCUT2D eigenvalue weighted by molar-refractivity contribution is 0.0799. The van der Waals surface area contributed by atoms with Crippen molar-refractivity contribution in [1.82, 2.24) is 4.90 Å². The van der Waals surface area contributed by atoms with Gasteiger partial charge in [0.2, 0.25) is 0 Å². The van der Waals surface area contributed by atoms with Gasteiger partial charge in [0.1, 0.15) is 0 Å². The van der Waals surface area contributed by atoms with E-state index in [-0.39, 0.29) is 5.91 Å². The summed E-state index contributed by atoms with van der Waals surface area (Å²) in [5, 5.41) is 0.835. The van der Waals surface area contributed by atoms with Gasteiger partial charge in [0.15, 0.2) is 0 Å². The van der Waals surface area contributed by atoms with Gasteiger partial charge in [-0.15, -0.1) is 0 Å². The maximum absolute atomic E-state index is 12.0. The number of carbonyl (C=O) groups is 1. The Morgan fingerprint density at radius 1 is 1.47 bits per heavy atom. The second-order valence-electron chi connectivity index (χ2n) is 3.57. The first kappa shape index (κ1) is 14.2. The number of carbonyl (C=O) groups excluding carboxylic acids is 1. The normalized spacial score (nSPS) is 10.1. The zero-order chi connectivity index (χ0) is 13.0. The topological polar surface area (TPSA) is 46.3 Å². The molecule has 0 unspecified atom stereocenters. The molecule has 0 aliphatic rings. The fraction of sp³-hybridized carbons (Fsp3) is 0.273. The molecule has 92 valence electrons. The van der Waals surface area contributed by atoms with E-state index in [1.54, 1.807) is 19.2 Å². The highest BCUT2D eigenvalue weighted by Crippen LogP contribution is 2.22. The third kappa shape index (κ3) is 4.15. The molecule has 6 heteroatoms. The molecule has 0 heterocycles. The van der Waals surface area contributed by atoms with Crippen LogP contribution in [0.2, 0.25) is 10.0 Å². The van der Waals surface area contributed by atoms with Crippen LogP contribution in [0.25, 0.3) is 0 Å². The number of hydrogen-bond donors (Lipinski definition) is 1. The molecule has 0 saturated carbocycles. The monoisotopic (exact) mass is 290 g/mol. The molecule has 0 radical (unpaired) electrons. The summed E-state index contributed by atoms with van der Waals surface area (Å²) in [6, 6.07) is 4.77. The smallest absolute Gasteiger partial charge is 0.255 e. The molecule has 17 heavy (non-hydrogen) atoms. The molecule has 1 aromatic carbocycles. The van der Waals surface area contributed by atoms with E-state index >= 15 is 0 Å². The maximum atomic E-state index is 12.0. The molecule has 0 bridgehead atoms. The highest BCUT2D eigenvalue weighted by atomic mass is 35.5. The lowest BCUT2D eigenvalue weighted by atomic mass is 10.2. The van der Waals surface area contributed by atoms with E-state index in [0.717, 1.165) is 0 Å². The Balaban J connectivity index is 2.78. The lowest BCUT2D eigenvalue weighted by Crippen LogP contribution is -2.30. The predicted molar refractivity (Wildman–Crippen MR) is 74.8 cm³/mol. The minimum absolute atomic E-state index is 0.178. The van der Waals surface area contributed by atoms with Crippen molar-refractivity contribution in [2.45, 2.75) is 6.42 Å². The molecular formula is C11H12Cl2N2OS. The quantitative estimate of drug-likeness (QED) is 0.868. The van der Waals surface area contributed by atoms with Crippen molar-refractivity contribution in [3.63, 3.8) is 0 Å². The van der Waals surface area contributed by atoms with Crippen LogP contribution in [0.1, 0.15) is 16.8 Å². The number of hydrogen-bond acceptors (Lipinski definition) is 2. The molecule has 1 aromatic rings. The molecule has 0 aromatic heterocycles. The fourth-order valence-corrected chi connectivity index (χ4v) is 1.83. The van der Waals surface area contributed by atoms with Crippen molar-refractivity contribution >= 4 is 46.3 Å². The molecule has 3 nitrogen and oxygen atoms in total. The first-order valence-electron chi connectivity index (χ1n) is 4.90. The van der Waals surface area contributed by atoms with Gasteiger partial charge in [-0.05, 0) is 18.2 Å². The van der Waals surface area contributed by atoms with Crippen molar-refractivity contribution in [2.24, 2.45) is 5.73 Å². The molecule has 0 fully saturated rings. The third-order valence-corrected chi connectivity index (χ3v) is 2.95. The Labute approximate surface area is 115 Å². The van der Waals surface area contributed by atoms with Crippen LogP contribution in [0.3, 0.4) is 0 Å². The molecule has 1 rings (SSSR count). The zero-order valence-corrected chi connectivity index (χ0v) is 11.6. The Morgan fingerprint density at radius 3 is 2.65 bits per heavy atom. The summed E-state index contributed by atoms with van der Waals surface area (Å²) in [6.07, 6.45) is 0.489. The summed E-state index contributed by atoms with van der Waals surface area (Å²) in [6.45, 7) is 0.465. The van der Waals surface area contributed by atoms with Gasteiger partial charge in [0.05, 0.1) is 15.6 Å². The average Bonchev–Trinajstić information content (AvgIpc) is 2.25. The van der Waals surface area contributed by atoms with Crippen LogP contribution in [-0.4, -0.2) is 29.4 Å². The van der Waals surface area contributed by atoms with E-state index in [9.17, 15) is 4.79 Å². The van der Waals surface area contributed by atoms with Gasteiger partial charge in [-0.25, -0.2) is 0 Å². The van der Waals surface area contributed by atoms with Crippen LogP contribution in [0.5, 0.6) is 0 Å². The van der Waals surface area contributed by atoms with E-state index < -0.39 is 0 Å². The Morgan fingerprint density at radius 2 is 2.12 bits per heavy atom. The van der Waals surface area contributed by atoms with Crippen molar-refractivity contribution in [3.8, 4) is 0 Å². The molecule has 1 amide bonds. The predicted octanol–water partition coefficient (Wildman–Crippen LogP) is 2.74. The van der Waals surface area contributed by atoms with Gasteiger partial charge < -0.3 is 10.6 Å². The second kappa shape index (κ2) is 6.19. The van der Waals surface area contributed by atoms with Gasteiger partial charge in [-0.2, -0.15) is 0 Å². The van der Waals surface area contributed by atoms with Crippen LogP contribution >= 0.6 is 35.4 Å². The fourth-order valence-electron chi connectivity index (χ4n) is 1.25. The molecule has 0 aliphatic carbocycles. The van der Waals surface area contributed by atoms with Crippen molar-refractivity contribution in [2.75, 3.05) is 13.6 Å². The molecule has 0 aliphatic heterocycles. The number of nitrogens with two attached hydrogens (primary N) is 1. The lowest BCUT2D eigenvalue weighted by Gasteiger charge is -2.17. The van der Waals surface area contributed by atoms with Crippen LogP contribution in [0.15, 0.2) is 18.2 Å². The summed E-state index contributed by atoms with van der Waals surface area (Å²) < 4.78 is 0. The molecule has 0 atom stereocenters. The molecule has 2 N–H and O–H groups in total. The van der Waals surface area contributed by atoms with Crippen LogP contribution < -0.4 is 5.73 Å². The number of amides is 1. The van der Waals surface area contributed by atoms with E-state index in [0.29, 0.717) is 33.6 Å². The average molecular weight is 291 g/mol. The minimum atomic E-state index is -0.178. The largest absolute Gasteiger partial charge is 0.393 e. The summed E-state index contributed by atoms with van der Waals surface area (Å²) in [7, 11) is 1.67. The third-order valence-electron chi connectivity index (χ3n) is 2.20. The van der Waals surface area contributed by atoms with Crippen LogP contribution in [0.4, 0.5) is 0 Å². The van der Waals surface area contributed by atoms with Crippen LogP contribution in [0, 0.1) is 0 Å². The van der Waals surface area contributed by atoms with Gasteiger partial charge >= 0.3 is 0 Å². The minimum Gasteiger partial charge on any atom is -0.393 e. The molecule has 0 saturated heterocycles. The Bertz CT molecular complexity index is 451. The van der Waals surface area contributed by atoms with Gasteiger partial charge in [0.25, 0.3) is 5.91 Å². The Kier molecular flexibility index (Phi) is 5.18. The molecule has 0 spiro atoms. The highest BCUT2D eigenvalue weighted by molar-refractivity contribution is 7.80. The summed E-state index contributed by atoms with van der Waals surface area (Å²) in [5.41, 5.74) is 5.80. The number of rotatable bonds is 4. The maximum Gasteiger partial charge on any atom is 0.255 e. The number of thiocarbonyl (C=S) groups is 1. The number of nitrogens with zero attached hydrogens (tertiary/aromatic N) is 1. The van der Waals surface area contributed by atoms with Gasteiger partial charge in [-0.1, -0.05) is 35.4 Å². The van der Waals surface area contributed by atoms with Crippen molar-refractivity contribution in [3.05, 3.63) is 33.8 Å². The standard InChI is InChI=1S/C11H12Cl2N2OS/c1-15(5-4-10(14)17)11(16)8-3-2-7(12)6-9(8)13/h2-3,6H,4-5H2,1H3,(H2,14,17). The summed E-state index contributed by atoms with van der Waals surface area (Å²) in [5.74, 6) is -0.178. The van der Waals surface area contributed by atoms with Gasteiger partial charge in [0, 0.05) is 25.0 Å². The van der Waals surface area contributed by atoms with Crippen molar-refractivity contribution < 1.29 is 4.79 Å². The number of halogens is 2. The van der Waals surface area contributed by atoms with Crippen molar-refractivity contribution in [1.29, 1.82) is 0 Å². The SMILES string of the molecule is CN(CCC(N)=S)C(=O)c1ccc(Cl)cc1Cl. The number of benzene rings is 1. The van der Waals surface area contributed by atoms with Crippen LogP contribution in [-0.2, 0) is 0 Å². The molecular weight excluding hydrogens is 279 g/mol.